The number of aromatic nitrogens is 4. The Bertz CT molecular complexity index is 2820. The topological polar surface area (TPSA) is 261 Å². The van der Waals surface area contributed by atoms with E-state index in [0.29, 0.717) is 53.0 Å². The van der Waals surface area contributed by atoms with Crippen molar-refractivity contribution in [3.63, 3.8) is 0 Å². The highest BCUT2D eigenvalue weighted by Crippen LogP contribution is 2.46. The smallest absolute Gasteiger partial charge is 0.336 e. The normalized spacial score (nSPS) is 17.0. The maximum absolute atomic E-state index is 13.2. The molecular formula is C46H55N8O11P. The number of carbonyl (C=O) groups is 3. The van der Waals surface area contributed by atoms with E-state index in [9.17, 15) is 34.1 Å². The van der Waals surface area contributed by atoms with Gasteiger partial charge in [-0.2, -0.15) is 0 Å². The summed E-state index contributed by atoms with van der Waals surface area (Å²) in [6.45, 7) is -0.110. The van der Waals surface area contributed by atoms with E-state index in [1.54, 1.807) is 12.1 Å². The zero-order valence-electron chi connectivity index (χ0n) is 37.3. The van der Waals surface area contributed by atoms with E-state index in [1.807, 2.05) is 74.1 Å². The molecule has 2 aliphatic heterocycles. The third kappa shape index (κ3) is 11.1. The fraction of sp³-hybridized carbons (Fsp3) is 0.413. The molecule has 1 amide bonds. The molecule has 1 fully saturated rings. The van der Waals surface area contributed by atoms with E-state index in [-0.39, 0.29) is 35.7 Å². The summed E-state index contributed by atoms with van der Waals surface area (Å²) in [5.41, 5.74) is 10.3. The van der Waals surface area contributed by atoms with Crippen LogP contribution in [0.15, 0.2) is 71.7 Å². The number of ether oxygens (including phenoxy) is 1. The summed E-state index contributed by atoms with van der Waals surface area (Å²) in [4.78, 5) is 65.2. The second-order valence-electron chi connectivity index (χ2n) is 16.7. The van der Waals surface area contributed by atoms with Gasteiger partial charge in [0.25, 0.3) is 5.91 Å². The third-order valence-electron chi connectivity index (χ3n) is 11.6. The number of benzene rings is 3. The monoisotopic (exact) mass is 926 g/mol. The SMILES string of the molecule is CN(C)c1ccc2c(-c3ccc(C(=O)NCCCCCCCCCCC(=O)OP(=O)([O-])OC4CC(n5cnc6c(N)ncnc65)OC4CO)cc3C(=O)O)c3ccc(=[N+](C)C)cc-3oc2c1. The van der Waals surface area contributed by atoms with E-state index in [0.717, 1.165) is 60.5 Å². The average molecular weight is 927 g/mol. The first-order valence-corrected chi connectivity index (χ1v) is 23.4. The first-order valence-electron chi connectivity index (χ1n) is 21.9. The van der Waals surface area contributed by atoms with Crippen molar-refractivity contribution in [3.05, 3.63) is 83.7 Å². The number of phosphoric ester groups is 1. The van der Waals surface area contributed by atoms with Gasteiger partial charge in [-0.05, 0) is 48.7 Å². The summed E-state index contributed by atoms with van der Waals surface area (Å²) in [6.07, 6.45) is 6.07. The van der Waals surface area contributed by atoms with Gasteiger partial charge in [0, 0.05) is 73.4 Å². The molecule has 7 rings (SSSR count). The highest BCUT2D eigenvalue weighted by Gasteiger charge is 2.40. The number of amides is 1. The highest BCUT2D eigenvalue weighted by molar-refractivity contribution is 7.46. The summed E-state index contributed by atoms with van der Waals surface area (Å²) in [7, 11) is 2.68. The first-order chi connectivity index (χ1) is 31.6. The Hall–Kier alpha value is -6.24. The Morgan fingerprint density at radius 1 is 0.970 bits per heavy atom. The number of imidazole rings is 1. The Balaban J connectivity index is 0.825. The van der Waals surface area contributed by atoms with Gasteiger partial charge < -0.3 is 49.3 Å². The second kappa shape index (κ2) is 20.9. The molecule has 19 nitrogen and oxygen atoms in total. The van der Waals surface area contributed by atoms with Crippen molar-refractivity contribution >= 4 is 59.3 Å². The van der Waals surface area contributed by atoms with E-state index in [4.69, 9.17) is 23.9 Å². The Morgan fingerprint density at radius 2 is 1.70 bits per heavy atom. The lowest BCUT2D eigenvalue weighted by atomic mass is 9.89. The van der Waals surface area contributed by atoms with Crippen LogP contribution in [0.25, 0.3) is 44.6 Å². The molecule has 4 unspecified atom stereocenters. The number of nitrogens with one attached hydrogen (secondary N) is 1. The molecule has 4 atom stereocenters. The number of anilines is 2. The van der Waals surface area contributed by atoms with Crippen molar-refractivity contribution in [2.75, 3.05) is 52.0 Å². The second-order valence-corrected chi connectivity index (χ2v) is 18.0. The number of aromatic carboxylic acids is 1. The zero-order valence-corrected chi connectivity index (χ0v) is 38.2. The molecule has 1 saturated heterocycles. The third-order valence-corrected chi connectivity index (χ3v) is 12.6. The van der Waals surface area contributed by atoms with Gasteiger partial charge in [0.1, 0.15) is 49.6 Å². The standard InChI is InChI=1S/C46H55N8O11P/c1-52(2)29-15-18-32-35(22-29)62-36-23-30(53(3)4)16-19-33(36)41(32)31-17-14-28(21-34(31)46(58)59)45(57)48-20-12-10-8-6-5-7-9-11-13-40(56)65-66(60,61)64-37-24-39(63-38(37)25-55)54-27-51-42-43(47)49-26-50-44(42)54/h14-19,21-23,26-27,37-39,55H,5-13,20,24-25H2,1-4H3,(H4-,47,48,49,50,57,58,59,60,61). The number of hydrogen-bond acceptors (Lipinski definition) is 15. The van der Waals surface area contributed by atoms with E-state index >= 15 is 0 Å². The number of carboxylic acid groups (broad SMARTS) is 1. The molecule has 0 bridgehead atoms. The molecule has 0 saturated carbocycles. The van der Waals surface area contributed by atoms with Crippen LogP contribution in [-0.2, 0) is 23.1 Å². The molecule has 4 aromatic rings. The molecule has 20 heteroatoms. The van der Waals surface area contributed by atoms with Crippen LogP contribution in [0, 0.1) is 0 Å². The summed E-state index contributed by atoms with van der Waals surface area (Å²) < 4.78 is 38.2. The van der Waals surface area contributed by atoms with Crippen molar-refractivity contribution < 1.29 is 52.3 Å². The number of aliphatic hydroxyl groups is 1. The maximum atomic E-state index is 13.2. The summed E-state index contributed by atoms with van der Waals surface area (Å²) in [5.74, 6) is -1.67. The quantitative estimate of drug-likeness (QED) is 0.0326. The van der Waals surface area contributed by atoms with Gasteiger partial charge in [-0.3, -0.25) is 18.7 Å². The van der Waals surface area contributed by atoms with Gasteiger partial charge in [-0.1, -0.05) is 44.6 Å². The molecule has 2 aromatic heterocycles. The number of fused-ring (bicyclic) bond motifs is 3. The van der Waals surface area contributed by atoms with Gasteiger partial charge in [-0.25, -0.2) is 24.3 Å². The summed E-state index contributed by atoms with van der Waals surface area (Å²) in [6, 6.07) is 16.4. The number of carboxylic acids is 1. The first kappa shape index (κ1) is 47.7. The van der Waals surface area contributed by atoms with Gasteiger partial charge in [0.05, 0.1) is 30.7 Å². The van der Waals surface area contributed by atoms with Crippen molar-refractivity contribution in [1.82, 2.24) is 29.4 Å². The number of phosphoric acid groups is 1. The van der Waals surface area contributed by atoms with Crippen molar-refractivity contribution in [2.45, 2.75) is 82.6 Å². The predicted molar refractivity (Wildman–Crippen MR) is 244 cm³/mol. The maximum Gasteiger partial charge on any atom is 0.336 e. The number of nitrogens with two attached hydrogens (primary N) is 1. The number of nitrogens with zero attached hydrogens (tertiary/aromatic N) is 6. The van der Waals surface area contributed by atoms with Crippen LogP contribution < -0.4 is 30.8 Å². The lowest BCUT2D eigenvalue weighted by molar-refractivity contribution is -0.230. The molecule has 66 heavy (non-hydrogen) atoms. The van der Waals surface area contributed by atoms with E-state index in [1.165, 1.54) is 23.3 Å². The van der Waals surface area contributed by atoms with Crippen LogP contribution in [0.1, 0.15) is 91.2 Å². The van der Waals surface area contributed by atoms with Crippen LogP contribution in [0.5, 0.6) is 0 Å². The summed E-state index contributed by atoms with van der Waals surface area (Å²) in [5, 5.41) is 24.9. The van der Waals surface area contributed by atoms with Gasteiger partial charge in [-0.15, -0.1) is 0 Å². The Labute approximate surface area is 380 Å². The number of carbonyl (C=O) groups excluding carboxylic acids is 2. The fourth-order valence-electron chi connectivity index (χ4n) is 8.14. The van der Waals surface area contributed by atoms with Crippen LogP contribution in [0.4, 0.5) is 11.5 Å². The van der Waals surface area contributed by atoms with Gasteiger partial charge in [0.2, 0.25) is 5.36 Å². The average Bonchev–Trinajstić information content (AvgIpc) is 3.90. The molecule has 0 spiro atoms. The largest absolute Gasteiger partial charge is 0.746 e. The molecule has 350 valence electrons. The summed E-state index contributed by atoms with van der Waals surface area (Å²) >= 11 is 0. The lowest BCUT2D eigenvalue weighted by Gasteiger charge is -2.27. The minimum Gasteiger partial charge on any atom is -0.746 e. The van der Waals surface area contributed by atoms with Crippen molar-refractivity contribution in [2.24, 2.45) is 0 Å². The minimum atomic E-state index is -5.07. The van der Waals surface area contributed by atoms with Crippen molar-refractivity contribution in [1.29, 1.82) is 0 Å². The molecule has 4 heterocycles. The van der Waals surface area contributed by atoms with Crippen LogP contribution >= 0.6 is 7.82 Å². The number of aliphatic hydroxyl groups excluding tert-OH is 1. The molecule has 5 N–H and O–H groups in total. The zero-order chi connectivity index (χ0) is 47.1. The van der Waals surface area contributed by atoms with Crippen molar-refractivity contribution in [3.8, 4) is 22.5 Å². The van der Waals surface area contributed by atoms with Gasteiger partial charge in [0.15, 0.2) is 11.5 Å². The minimum absolute atomic E-state index is 0.00356. The molecule has 2 aromatic carbocycles. The number of unbranched alkanes of at least 4 members (excludes halogenated alkanes) is 7. The van der Waals surface area contributed by atoms with Gasteiger partial charge >= 0.3 is 19.8 Å². The number of rotatable bonds is 20. The Morgan fingerprint density at radius 3 is 2.41 bits per heavy atom. The van der Waals surface area contributed by atoms with Crippen LogP contribution in [0.3, 0.4) is 0 Å². The van der Waals surface area contributed by atoms with E-state index in [2.05, 4.69) is 20.3 Å². The van der Waals surface area contributed by atoms with E-state index < -0.39 is 44.8 Å². The highest BCUT2D eigenvalue weighted by atomic mass is 31.2. The molecular weight excluding hydrogens is 872 g/mol. The molecule has 1 aliphatic carbocycles. The fourth-order valence-corrected chi connectivity index (χ4v) is 9.08. The Kier molecular flexibility index (Phi) is 15.1. The molecule has 3 aliphatic rings. The lowest BCUT2D eigenvalue weighted by Crippen LogP contribution is -2.29. The predicted octanol–water partition coefficient (Wildman–Crippen LogP) is 5.34. The molecule has 0 radical (unpaired) electrons. The van der Waals surface area contributed by atoms with Crippen LogP contribution in [0.2, 0.25) is 0 Å². The number of hydrogen-bond donors (Lipinski definition) is 4. The van der Waals surface area contributed by atoms with Crippen LogP contribution in [-0.4, -0.2) is 101 Å². The number of nitrogen functional groups attached to an aromatic ring is 1.